The highest BCUT2D eigenvalue weighted by atomic mass is 32.1. The fourth-order valence-electron chi connectivity index (χ4n) is 2.50. The minimum Gasteiger partial charge on any atom is -0.365 e. The van der Waals surface area contributed by atoms with Gasteiger partial charge in [0.15, 0.2) is 0 Å². The molecule has 1 heterocycles. The van der Waals surface area contributed by atoms with Crippen molar-refractivity contribution in [3.8, 4) is 0 Å². The van der Waals surface area contributed by atoms with E-state index in [9.17, 15) is 9.59 Å². The third kappa shape index (κ3) is 3.83. The number of nitrogens with one attached hydrogen (secondary N) is 2. The van der Waals surface area contributed by atoms with E-state index >= 15 is 0 Å². The van der Waals surface area contributed by atoms with E-state index < -0.39 is 5.91 Å². The Kier molecular flexibility index (Phi) is 5.36. The molecule has 0 saturated carbocycles. The fraction of sp³-hybridized carbons (Fsp3) is 0.600. The normalized spacial score (nSPS) is 15.3. The monoisotopic (exact) mass is 309 g/mol. The number of primary amides is 1. The van der Waals surface area contributed by atoms with Crippen LogP contribution in [-0.2, 0) is 17.6 Å². The van der Waals surface area contributed by atoms with Crippen molar-refractivity contribution in [3.05, 3.63) is 16.0 Å². The summed E-state index contributed by atoms with van der Waals surface area (Å²) in [5.41, 5.74) is 7.07. The Balaban J connectivity index is 2.10. The second-order valence-electron chi connectivity index (χ2n) is 5.52. The molecule has 0 aliphatic heterocycles. The van der Waals surface area contributed by atoms with Gasteiger partial charge in [-0.2, -0.15) is 0 Å². The molecule has 1 aliphatic rings. The van der Waals surface area contributed by atoms with Gasteiger partial charge in [-0.15, -0.1) is 11.3 Å². The Hall–Kier alpha value is -1.40. The minimum absolute atomic E-state index is 0.128. The molecule has 5 nitrogen and oxygen atoms in total. The van der Waals surface area contributed by atoms with Gasteiger partial charge in [-0.1, -0.05) is 6.92 Å². The highest BCUT2D eigenvalue weighted by molar-refractivity contribution is 7.17. The summed E-state index contributed by atoms with van der Waals surface area (Å²) in [6, 6.07) is 0.294. The number of hydrogen-bond donors (Lipinski definition) is 3. The zero-order valence-electron chi connectivity index (χ0n) is 12.6. The first-order valence-electron chi connectivity index (χ1n) is 7.50. The maximum Gasteiger partial charge on any atom is 0.251 e. The number of nitrogens with two attached hydrogens (primary N) is 1. The van der Waals surface area contributed by atoms with Crippen LogP contribution in [0.1, 0.15) is 53.9 Å². The Labute approximate surface area is 129 Å². The first-order valence-corrected chi connectivity index (χ1v) is 8.32. The number of thiophene rings is 1. The molecule has 4 N–H and O–H groups in total. The molecular formula is C15H23N3O2S. The standard InChI is InChI=1S/C15H23N3O2S/c1-3-9(2)17-8-12(19)18-15-13(14(16)20)10-6-4-5-7-11(10)21-15/h9,17H,3-8H2,1-2H3,(H2,16,20)(H,18,19). The van der Waals surface area contributed by atoms with Crippen LogP contribution in [0, 0.1) is 0 Å². The largest absolute Gasteiger partial charge is 0.365 e. The van der Waals surface area contributed by atoms with Gasteiger partial charge in [-0.05, 0) is 44.6 Å². The highest BCUT2D eigenvalue weighted by Crippen LogP contribution is 2.37. The van der Waals surface area contributed by atoms with Gasteiger partial charge < -0.3 is 16.4 Å². The first kappa shape index (κ1) is 16.0. The molecule has 1 aromatic rings. The molecule has 0 spiro atoms. The van der Waals surface area contributed by atoms with Crippen molar-refractivity contribution in [2.75, 3.05) is 11.9 Å². The molecule has 1 atom stereocenters. The second kappa shape index (κ2) is 7.04. The smallest absolute Gasteiger partial charge is 0.251 e. The van der Waals surface area contributed by atoms with E-state index in [4.69, 9.17) is 5.73 Å². The van der Waals surface area contributed by atoms with Gasteiger partial charge in [0, 0.05) is 10.9 Å². The van der Waals surface area contributed by atoms with Crippen molar-refractivity contribution >= 4 is 28.2 Å². The quantitative estimate of drug-likeness (QED) is 0.752. The average Bonchev–Trinajstić information content (AvgIpc) is 2.82. The maximum atomic E-state index is 12.0. The maximum absolute atomic E-state index is 12.0. The summed E-state index contributed by atoms with van der Waals surface area (Å²) in [6.07, 6.45) is 5.03. The lowest BCUT2D eigenvalue weighted by atomic mass is 9.95. The zero-order valence-corrected chi connectivity index (χ0v) is 13.4. The van der Waals surface area contributed by atoms with Crippen molar-refractivity contribution in [2.24, 2.45) is 5.73 Å². The minimum atomic E-state index is -0.445. The molecular weight excluding hydrogens is 286 g/mol. The fourth-order valence-corrected chi connectivity index (χ4v) is 3.81. The molecule has 2 amide bonds. The van der Waals surface area contributed by atoms with Crippen LogP contribution in [0.2, 0.25) is 0 Å². The molecule has 2 rings (SSSR count). The van der Waals surface area contributed by atoms with E-state index in [1.54, 1.807) is 0 Å². The van der Waals surface area contributed by atoms with Crippen molar-refractivity contribution < 1.29 is 9.59 Å². The van der Waals surface area contributed by atoms with E-state index in [1.165, 1.54) is 16.2 Å². The predicted octanol–water partition coefficient (Wildman–Crippen LogP) is 2.05. The van der Waals surface area contributed by atoms with Gasteiger partial charge in [0.25, 0.3) is 5.91 Å². The Morgan fingerprint density at radius 3 is 2.71 bits per heavy atom. The van der Waals surface area contributed by atoms with E-state index in [0.29, 0.717) is 16.6 Å². The summed E-state index contributed by atoms with van der Waals surface area (Å²) in [6.45, 7) is 4.34. The number of carbonyl (C=O) groups is 2. The SMILES string of the molecule is CCC(C)NCC(=O)Nc1sc2c(c1C(N)=O)CCCC2. The number of amides is 2. The molecule has 1 aromatic heterocycles. The summed E-state index contributed by atoms with van der Waals surface area (Å²) in [5, 5.41) is 6.60. The summed E-state index contributed by atoms with van der Waals surface area (Å²) < 4.78 is 0. The molecule has 0 fully saturated rings. The van der Waals surface area contributed by atoms with Gasteiger partial charge in [-0.3, -0.25) is 9.59 Å². The van der Waals surface area contributed by atoms with Crippen molar-refractivity contribution in [3.63, 3.8) is 0 Å². The number of anilines is 1. The third-order valence-electron chi connectivity index (χ3n) is 3.89. The lowest BCUT2D eigenvalue weighted by Crippen LogP contribution is -2.34. The summed E-state index contributed by atoms with van der Waals surface area (Å²) in [4.78, 5) is 24.9. The molecule has 21 heavy (non-hydrogen) atoms. The van der Waals surface area contributed by atoms with E-state index in [2.05, 4.69) is 17.6 Å². The van der Waals surface area contributed by atoms with E-state index in [0.717, 1.165) is 37.7 Å². The number of aryl methyl sites for hydroxylation is 1. The number of fused-ring (bicyclic) bond motifs is 1. The molecule has 0 bridgehead atoms. The number of hydrogen-bond acceptors (Lipinski definition) is 4. The van der Waals surface area contributed by atoms with Gasteiger partial charge in [-0.25, -0.2) is 0 Å². The van der Waals surface area contributed by atoms with Crippen LogP contribution >= 0.6 is 11.3 Å². The topological polar surface area (TPSA) is 84.2 Å². The van der Waals surface area contributed by atoms with Crippen molar-refractivity contribution in [1.82, 2.24) is 5.32 Å². The molecule has 1 aliphatic carbocycles. The molecule has 0 aromatic carbocycles. The van der Waals surface area contributed by atoms with Crippen LogP contribution in [0.3, 0.4) is 0 Å². The highest BCUT2D eigenvalue weighted by Gasteiger charge is 2.24. The predicted molar refractivity (Wildman–Crippen MR) is 85.9 cm³/mol. The lowest BCUT2D eigenvalue weighted by Gasteiger charge is -2.12. The Morgan fingerprint density at radius 1 is 1.33 bits per heavy atom. The van der Waals surface area contributed by atoms with E-state index in [1.807, 2.05) is 6.92 Å². The molecule has 6 heteroatoms. The second-order valence-corrected chi connectivity index (χ2v) is 6.62. The zero-order chi connectivity index (χ0) is 15.4. The van der Waals surface area contributed by atoms with Crippen LogP contribution in [-0.4, -0.2) is 24.4 Å². The number of rotatable bonds is 6. The molecule has 0 radical (unpaired) electrons. The van der Waals surface area contributed by atoms with Crippen LogP contribution in [0.25, 0.3) is 0 Å². The summed E-state index contributed by atoms with van der Waals surface area (Å²) >= 11 is 1.50. The molecule has 0 saturated heterocycles. The van der Waals surface area contributed by atoms with Crippen LogP contribution < -0.4 is 16.4 Å². The van der Waals surface area contributed by atoms with Crippen LogP contribution in [0.4, 0.5) is 5.00 Å². The average molecular weight is 309 g/mol. The Morgan fingerprint density at radius 2 is 2.05 bits per heavy atom. The van der Waals surface area contributed by atoms with Gasteiger partial charge in [0.1, 0.15) is 5.00 Å². The van der Waals surface area contributed by atoms with Crippen molar-refractivity contribution in [1.29, 1.82) is 0 Å². The van der Waals surface area contributed by atoms with Crippen molar-refractivity contribution in [2.45, 2.75) is 52.0 Å². The lowest BCUT2D eigenvalue weighted by molar-refractivity contribution is -0.115. The Bertz CT molecular complexity index is 539. The van der Waals surface area contributed by atoms with Gasteiger partial charge in [0.2, 0.25) is 5.91 Å². The third-order valence-corrected chi connectivity index (χ3v) is 5.10. The van der Waals surface area contributed by atoms with Gasteiger partial charge in [0.05, 0.1) is 12.1 Å². The van der Waals surface area contributed by atoms with E-state index in [-0.39, 0.29) is 12.5 Å². The molecule has 1 unspecified atom stereocenters. The first-order chi connectivity index (χ1) is 10.0. The van der Waals surface area contributed by atoms with Crippen LogP contribution in [0.15, 0.2) is 0 Å². The number of carbonyl (C=O) groups excluding carboxylic acids is 2. The van der Waals surface area contributed by atoms with Gasteiger partial charge >= 0.3 is 0 Å². The summed E-state index contributed by atoms with van der Waals surface area (Å²) in [5.74, 6) is -0.573. The summed E-state index contributed by atoms with van der Waals surface area (Å²) in [7, 11) is 0. The molecule has 116 valence electrons. The van der Waals surface area contributed by atoms with Crippen LogP contribution in [0.5, 0.6) is 0 Å².